The Morgan fingerprint density at radius 1 is 1.00 bits per heavy atom. The molecule has 4 rings (SSSR count). The lowest BCUT2D eigenvalue weighted by Crippen LogP contribution is -2.40. The maximum absolute atomic E-state index is 12.4. The normalized spacial score (nSPS) is 15.0. The van der Waals surface area contributed by atoms with Gasteiger partial charge in [-0.2, -0.15) is 0 Å². The topological polar surface area (TPSA) is 55.6 Å². The number of morpholine rings is 1. The van der Waals surface area contributed by atoms with Gasteiger partial charge in [-0.05, 0) is 36.4 Å². The third kappa shape index (κ3) is 2.71. The second kappa shape index (κ2) is 5.85. The van der Waals surface area contributed by atoms with Crippen LogP contribution in [0.25, 0.3) is 22.6 Å². The number of hydrogen-bond donors (Lipinski definition) is 0. The first kappa shape index (κ1) is 14.0. The van der Waals surface area contributed by atoms with Crippen molar-refractivity contribution in [3.05, 3.63) is 54.1 Å². The Morgan fingerprint density at radius 2 is 1.74 bits per heavy atom. The molecular formula is C18H16N2O3. The van der Waals surface area contributed by atoms with Gasteiger partial charge in [0, 0.05) is 24.2 Å². The average Bonchev–Trinajstić information content (AvgIpc) is 3.06. The first-order chi connectivity index (χ1) is 11.3. The summed E-state index contributed by atoms with van der Waals surface area (Å²) >= 11 is 0. The smallest absolute Gasteiger partial charge is 0.254 e. The molecule has 0 aliphatic carbocycles. The van der Waals surface area contributed by atoms with Crippen LogP contribution in [0.1, 0.15) is 10.4 Å². The van der Waals surface area contributed by atoms with E-state index in [-0.39, 0.29) is 5.91 Å². The minimum Gasteiger partial charge on any atom is -0.436 e. The zero-order chi connectivity index (χ0) is 15.6. The van der Waals surface area contributed by atoms with Crippen molar-refractivity contribution in [2.24, 2.45) is 0 Å². The molecule has 0 atom stereocenters. The molecule has 0 spiro atoms. The number of hydrogen-bond acceptors (Lipinski definition) is 4. The van der Waals surface area contributed by atoms with Gasteiger partial charge in [0.1, 0.15) is 5.52 Å². The van der Waals surface area contributed by atoms with Crippen LogP contribution in [-0.4, -0.2) is 42.1 Å². The average molecular weight is 308 g/mol. The number of rotatable bonds is 2. The van der Waals surface area contributed by atoms with E-state index in [4.69, 9.17) is 9.15 Å². The molecule has 116 valence electrons. The molecule has 0 bridgehead atoms. The van der Waals surface area contributed by atoms with Crippen molar-refractivity contribution in [1.29, 1.82) is 0 Å². The van der Waals surface area contributed by atoms with Crippen molar-refractivity contribution in [3.8, 4) is 11.5 Å². The van der Waals surface area contributed by atoms with Crippen LogP contribution in [0.5, 0.6) is 0 Å². The number of carbonyl (C=O) groups is 1. The van der Waals surface area contributed by atoms with E-state index < -0.39 is 0 Å². The Balaban J connectivity index is 1.58. The largest absolute Gasteiger partial charge is 0.436 e. The van der Waals surface area contributed by atoms with Crippen molar-refractivity contribution < 1.29 is 13.9 Å². The molecule has 5 nitrogen and oxygen atoms in total. The van der Waals surface area contributed by atoms with Crippen LogP contribution in [0.2, 0.25) is 0 Å². The van der Waals surface area contributed by atoms with Crippen LogP contribution >= 0.6 is 0 Å². The summed E-state index contributed by atoms with van der Waals surface area (Å²) in [6.07, 6.45) is 0. The molecule has 23 heavy (non-hydrogen) atoms. The predicted molar refractivity (Wildman–Crippen MR) is 86.2 cm³/mol. The van der Waals surface area contributed by atoms with Gasteiger partial charge >= 0.3 is 0 Å². The molecule has 1 saturated heterocycles. The summed E-state index contributed by atoms with van der Waals surface area (Å²) < 4.78 is 11.0. The van der Waals surface area contributed by atoms with Gasteiger partial charge in [0.25, 0.3) is 5.91 Å². The number of para-hydroxylation sites is 2. The summed E-state index contributed by atoms with van der Waals surface area (Å²) in [5.74, 6) is 0.606. The zero-order valence-corrected chi connectivity index (χ0v) is 12.6. The van der Waals surface area contributed by atoms with Crippen molar-refractivity contribution in [1.82, 2.24) is 9.88 Å². The molecule has 0 N–H and O–H groups in total. The Bertz CT molecular complexity index is 800. The van der Waals surface area contributed by atoms with E-state index >= 15 is 0 Å². The summed E-state index contributed by atoms with van der Waals surface area (Å²) in [7, 11) is 0. The van der Waals surface area contributed by atoms with Crippen molar-refractivity contribution in [2.45, 2.75) is 0 Å². The molecule has 1 aliphatic rings. The molecule has 1 aromatic heterocycles. The third-order valence-electron chi connectivity index (χ3n) is 3.97. The molecule has 2 aromatic carbocycles. The lowest BCUT2D eigenvalue weighted by Gasteiger charge is -2.26. The minimum atomic E-state index is 0.0393. The monoisotopic (exact) mass is 308 g/mol. The van der Waals surface area contributed by atoms with E-state index in [0.717, 1.165) is 16.7 Å². The first-order valence-electron chi connectivity index (χ1n) is 7.64. The molecule has 0 saturated carbocycles. The number of fused-ring (bicyclic) bond motifs is 1. The SMILES string of the molecule is O=C(c1ccc(-c2nc3ccccc3o2)cc1)N1CCOCC1. The highest BCUT2D eigenvalue weighted by Crippen LogP contribution is 2.24. The summed E-state index contributed by atoms with van der Waals surface area (Å²) in [5, 5.41) is 0. The standard InChI is InChI=1S/C18H16N2O3/c21-18(20-9-11-22-12-10-20)14-7-5-13(6-8-14)17-19-15-3-1-2-4-16(15)23-17/h1-8H,9-12H2. The highest BCUT2D eigenvalue weighted by atomic mass is 16.5. The summed E-state index contributed by atoms with van der Waals surface area (Å²) in [6, 6.07) is 15.0. The van der Waals surface area contributed by atoms with Gasteiger partial charge in [0.15, 0.2) is 5.58 Å². The highest BCUT2D eigenvalue weighted by Gasteiger charge is 2.18. The lowest BCUT2D eigenvalue weighted by molar-refractivity contribution is 0.0303. The first-order valence-corrected chi connectivity index (χ1v) is 7.64. The van der Waals surface area contributed by atoms with E-state index in [9.17, 15) is 4.79 Å². The maximum atomic E-state index is 12.4. The van der Waals surface area contributed by atoms with Gasteiger partial charge in [-0.1, -0.05) is 12.1 Å². The molecule has 5 heteroatoms. The maximum Gasteiger partial charge on any atom is 0.254 e. The second-order valence-corrected chi connectivity index (χ2v) is 5.47. The highest BCUT2D eigenvalue weighted by molar-refractivity contribution is 5.94. The zero-order valence-electron chi connectivity index (χ0n) is 12.6. The van der Waals surface area contributed by atoms with E-state index in [1.807, 2.05) is 53.4 Å². The van der Waals surface area contributed by atoms with Crippen molar-refractivity contribution >= 4 is 17.0 Å². The number of benzene rings is 2. The van der Waals surface area contributed by atoms with E-state index in [1.54, 1.807) is 0 Å². The van der Waals surface area contributed by atoms with E-state index in [0.29, 0.717) is 37.8 Å². The number of nitrogens with zero attached hydrogens (tertiary/aromatic N) is 2. The molecule has 2 heterocycles. The number of oxazole rings is 1. The van der Waals surface area contributed by atoms with Crippen molar-refractivity contribution in [3.63, 3.8) is 0 Å². The third-order valence-corrected chi connectivity index (χ3v) is 3.97. The van der Waals surface area contributed by atoms with Crippen LogP contribution in [0, 0.1) is 0 Å². The molecule has 3 aromatic rings. The lowest BCUT2D eigenvalue weighted by atomic mass is 10.1. The number of carbonyl (C=O) groups excluding carboxylic acids is 1. The van der Waals surface area contributed by atoms with Gasteiger partial charge in [-0.15, -0.1) is 0 Å². The van der Waals surface area contributed by atoms with Crippen molar-refractivity contribution in [2.75, 3.05) is 26.3 Å². The number of ether oxygens (including phenoxy) is 1. The van der Waals surface area contributed by atoms with E-state index in [1.165, 1.54) is 0 Å². The Hall–Kier alpha value is -2.66. The Morgan fingerprint density at radius 3 is 2.48 bits per heavy atom. The van der Waals surface area contributed by atoms with Gasteiger partial charge in [0.05, 0.1) is 13.2 Å². The molecule has 0 radical (unpaired) electrons. The number of aromatic nitrogens is 1. The Labute approximate surface area is 133 Å². The van der Waals surface area contributed by atoms with Crippen LogP contribution in [0.4, 0.5) is 0 Å². The molecule has 0 unspecified atom stereocenters. The van der Waals surface area contributed by atoms with E-state index in [2.05, 4.69) is 4.98 Å². The van der Waals surface area contributed by atoms with Gasteiger partial charge < -0.3 is 14.1 Å². The fourth-order valence-corrected chi connectivity index (χ4v) is 2.70. The van der Waals surface area contributed by atoms with Crippen LogP contribution < -0.4 is 0 Å². The quantitative estimate of drug-likeness (QED) is 0.730. The fraction of sp³-hybridized carbons (Fsp3) is 0.222. The number of amides is 1. The van der Waals surface area contributed by atoms with Gasteiger partial charge in [-0.3, -0.25) is 4.79 Å². The Kier molecular flexibility index (Phi) is 3.55. The molecule has 1 amide bonds. The summed E-state index contributed by atoms with van der Waals surface area (Å²) in [6.45, 7) is 2.50. The molecule has 1 aliphatic heterocycles. The minimum absolute atomic E-state index is 0.0393. The van der Waals surface area contributed by atoms with Crippen LogP contribution in [0.15, 0.2) is 52.9 Å². The second-order valence-electron chi connectivity index (χ2n) is 5.47. The predicted octanol–water partition coefficient (Wildman–Crippen LogP) is 2.97. The van der Waals surface area contributed by atoms with Gasteiger partial charge in [-0.25, -0.2) is 4.98 Å². The van der Waals surface area contributed by atoms with Crippen LogP contribution in [-0.2, 0) is 4.74 Å². The summed E-state index contributed by atoms with van der Waals surface area (Å²) in [4.78, 5) is 18.7. The fourth-order valence-electron chi connectivity index (χ4n) is 2.70. The van der Waals surface area contributed by atoms with Crippen LogP contribution in [0.3, 0.4) is 0 Å². The molecular weight excluding hydrogens is 292 g/mol. The van der Waals surface area contributed by atoms with Gasteiger partial charge in [0.2, 0.25) is 5.89 Å². The summed E-state index contributed by atoms with van der Waals surface area (Å²) in [5.41, 5.74) is 3.12. The molecule has 1 fully saturated rings.